The number of rotatable bonds is 3. The number of hydrogen-bond donors (Lipinski definition) is 1. The summed E-state index contributed by atoms with van der Waals surface area (Å²) in [6.07, 6.45) is 0. The third-order valence-corrected chi connectivity index (χ3v) is 4.36. The van der Waals surface area contributed by atoms with Gasteiger partial charge in [0.2, 0.25) is 0 Å². The lowest BCUT2D eigenvalue weighted by Crippen LogP contribution is -2.11. The van der Waals surface area contributed by atoms with Gasteiger partial charge in [-0.05, 0) is 31.0 Å². The van der Waals surface area contributed by atoms with Crippen LogP contribution in [0.3, 0.4) is 0 Å². The van der Waals surface area contributed by atoms with Crippen molar-refractivity contribution in [3.05, 3.63) is 45.4 Å². The van der Waals surface area contributed by atoms with E-state index in [0.717, 1.165) is 12.2 Å². The summed E-state index contributed by atoms with van der Waals surface area (Å²) in [6.45, 7) is 11.6. The lowest BCUT2D eigenvalue weighted by molar-refractivity contribution is 0.583. The average Bonchev–Trinajstić information content (AvgIpc) is 2.79. The Morgan fingerprint density at radius 3 is 2.58 bits per heavy atom. The van der Waals surface area contributed by atoms with Crippen LogP contribution in [0.1, 0.15) is 42.6 Å². The summed E-state index contributed by atoms with van der Waals surface area (Å²) in [7, 11) is 0. The van der Waals surface area contributed by atoms with Crippen LogP contribution in [-0.2, 0) is 12.0 Å². The summed E-state index contributed by atoms with van der Waals surface area (Å²) in [5.41, 5.74) is 5.02. The first-order valence-corrected chi connectivity index (χ1v) is 7.50. The average molecular weight is 274 g/mol. The highest BCUT2D eigenvalue weighted by Crippen LogP contribution is 2.26. The maximum Gasteiger partial charge on any atom is 0.0982 e. The molecule has 0 unspecified atom stereocenters. The quantitative estimate of drug-likeness (QED) is 0.879. The van der Waals surface area contributed by atoms with E-state index in [2.05, 4.69) is 63.5 Å². The van der Waals surface area contributed by atoms with Crippen LogP contribution < -0.4 is 5.32 Å². The summed E-state index contributed by atoms with van der Waals surface area (Å²) in [4.78, 5) is 4.70. The fraction of sp³-hybridized carbons (Fsp3) is 0.438. The van der Waals surface area contributed by atoms with Crippen molar-refractivity contribution in [3.63, 3.8) is 0 Å². The van der Waals surface area contributed by atoms with Crippen LogP contribution in [0.25, 0.3) is 0 Å². The molecule has 1 aromatic carbocycles. The zero-order chi connectivity index (χ0) is 14.0. The first-order chi connectivity index (χ1) is 8.86. The summed E-state index contributed by atoms with van der Waals surface area (Å²) < 4.78 is 0. The van der Waals surface area contributed by atoms with Gasteiger partial charge in [0.25, 0.3) is 0 Å². The number of aryl methyl sites for hydroxylation is 2. The Morgan fingerprint density at radius 1 is 1.21 bits per heavy atom. The molecule has 0 aliphatic carbocycles. The van der Waals surface area contributed by atoms with Gasteiger partial charge < -0.3 is 5.32 Å². The number of anilines is 1. The Balaban J connectivity index is 2.06. The van der Waals surface area contributed by atoms with E-state index in [-0.39, 0.29) is 5.41 Å². The molecular weight excluding hydrogens is 252 g/mol. The van der Waals surface area contributed by atoms with Crippen molar-refractivity contribution >= 4 is 17.0 Å². The van der Waals surface area contributed by atoms with Gasteiger partial charge in [0.1, 0.15) is 0 Å². The molecular formula is C16H22N2S. The van der Waals surface area contributed by atoms with Gasteiger partial charge in [0.15, 0.2) is 0 Å². The molecule has 1 aromatic heterocycles. The zero-order valence-corrected chi connectivity index (χ0v) is 13.2. The molecule has 102 valence electrons. The monoisotopic (exact) mass is 274 g/mol. The van der Waals surface area contributed by atoms with E-state index in [1.54, 1.807) is 11.3 Å². The molecule has 2 aromatic rings. The van der Waals surface area contributed by atoms with Gasteiger partial charge in [-0.1, -0.05) is 32.9 Å². The van der Waals surface area contributed by atoms with Gasteiger partial charge in [-0.3, -0.25) is 0 Å². The Hall–Kier alpha value is -1.35. The molecule has 0 saturated carbocycles. The molecule has 0 spiro atoms. The standard InChI is InChI=1S/C16H22N2S/c1-11-6-7-12(2)14(8-11)17-9-13-10-19-15(18-13)16(3,4)5/h6-8,10,17H,9H2,1-5H3. The van der Waals surface area contributed by atoms with Gasteiger partial charge in [0, 0.05) is 16.5 Å². The molecule has 2 rings (SSSR count). The van der Waals surface area contributed by atoms with Gasteiger partial charge in [-0.2, -0.15) is 0 Å². The Bertz CT molecular complexity index is 564. The van der Waals surface area contributed by atoms with Crippen LogP contribution in [0, 0.1) is 13.8 Å². The van der Waals surface area contributed by atoms with E-state index in [0.29, 0.717) is 0 Å². The van der Waals surface area contributed by atoms with E-state index < -0.39 is 0 Å². The smallest absolute Gasteiger partial charge is 0.0982 e. The molecule has 0 saturated heterocycles. The SMILES string of the molecule is Cc1ccc(C)c(NCc2csc(C(C)(C)C)n2)c1. The summed E-state index contributed by atoms with van der Waals surface area (Å²) in [5, 5.41) is 6.83. The molecule has 1 heterocycles. The summed E-state index contributed by atoms with van der Waals surface area (Å²) >= 11 is 1.75. The van der Waals surface area contributed by atoms with Crippen molar-refractivity contribution in [2.75, 3.05) is 5.32 Å². The second-order valence-electron chi connectivity index (χ2n) is 6.07. The van der Waals surface area contributed by atoms with Crippen molar-refractivity contribution in [2.24, 2.45) is 0 Å². The Morgan fingerprint density at radius 2 is 1.95 bits per heavy atom. The van der Waals surface area contributed by atoms with E-state index in [9.17, 15) is 0 Å². The maximum atomic E-state index is 4.70. The molecule has 0 aliphatic heterocycles. The van der Waals surface area contributed by atoms with Crippen molar-refractivity contribution in [2.45, 2.75) is 46.6 Å². The van der Waals surface area contributed by atoms with Crippen molar-refractivity contribution < 1.29 is 0 Å². The molecule has 0 atom stereocenters. The molecule has 0 aliphatic rings. The topological polar surface area (TPSA) is 24.9 Å². The van der Waals surface area contributed by atoms with E-state index in [1.165, 1.54) is 21.8 Å². The van der Waals surface area contributed by atoms with Crippen molar-refractivity contribution in [1.29, 1.82) is 0 Å². The first kappa shape index (κ1) is 14.1. The number of aromatic nitrogens is 1. The molecule has 2 nitrogen and oxygen atoms in total. The lowest BCUT2D eigenvalue weighted by atomic mass is 9.98. The van der Waals surface area contributed by atoms with Gasteiger partial charge in [-0.15, -0.1) is 11.3 Å². The fourth-order valence-electron chi connectivity index (χ4n) is 1.84. The predicted molar refractivity (Wildman–Crippen MR) is 84.1 cm³/mol. The van der Waals surface area contributed by atoms with Crippen LogP contribution in [0.5, 0.6) is 0 Å². The molecule has 0 fully saturated rings. The van der Waals surface area contributed by atoms with Crippen molar-refractivity contribution in [3.8, 4) is 0 Å². The minimum Gasteiger partial charge on any atom is -0.379 e. The second-order valence-corrected chi connectivity index (χ2v) is 6.92. The van der Waals surface area contributed by atoms with E-state index in [1.807, 2.05) is 0 Å². The van der Waals surface area contributed by atoms with Gasteiger partial charge in [0.05, 0.1) is 17.2 Å². The summed E-state index contributed by atoms with van der Waals surface area (Å²) in [6, 6.07) is 6.48. The molecule has 3 heteroatoms. The maximum absolute atomic E-state index is 4.70. The normalized spacial score (nSPS) is 11.6. The van der Waals surface area contributed by atoms with Crippen LogP contribution in [0.2, 0.25) is 0 Å². The molecule has 19 heavy (non-hydrogen) atoms. The third-order valence-electron chi connectivity index (χ3n) is 3.05. The number of nitrogens with zero attached hydrogens (tertiary/aromatic N) is 1. The van der Waals surface area contributed by atoms with Crippen LogP contribution in [0.4, 0.5) is 5.69 Å². The number of nitrogens with one attached hydrogen (secondary N) is 1. The number of thiazole rings is 1. The van der Waals surface area contributed by atoms with Crippen LogP contribution >= 0.6 is 11.3 Å². The van der Waals surface area contributed by atoms with E-state index >= 15 is 0 Å². The zero-order valence-electron chi connectivity index (χ0n) is 12.4. The van der Waals surface area contributed by atoms with Gasteiger partial charge >= 0.3 is 0 Å². The molecule has 0 bridgehead atoms. The van der Waals surface area contributed by atoms with Gasteiger partial charge in [-0.25, -0.2) is 4.98 Å². The Labute approximate surface area is 119 Å². The minimum atomic E-state index is 0.141. The highest BCUT2D eigenvalue weighted by molar-refractivity contribution is 7.09. The van der Waals surface area contributed by atoms with Crippen LogP contribution in [-0.4, -0.2) is 4.98 Å². The second kappa shape index (κ2) is 5.33. The third kappa shape index (κ3) is 3.57. The van der Waals surface area contributed by atoms with E-state index in [4.69, 9.17) is 4.98 Å². The largest absolute Gasteiger partial charge is 0.379 e. The number of benzene rings is 1. The molecule has 0 radical (unpaired) electrons. The first-order valence-electron chi connectivity index (χ1n) is 6.62. The predicted octanol–water partition coefficient (Wildman–Crippen LogP) is 4.67. The highest BCUT2D eigenvalue weighted by Gasteiger charge is 2.17. The highest BCUT2D eigenvalue weighted by atomic mass is 32.1. The van der Waals surface area contributed by atoms with Crippen molar-refractivity contribution in [1.82, 2.24) is 4.98 Å². The number of hydrogen-bond acceptors (Lipinski definition) is 3. The minimum absolute atomic E-state index is 0.141. The summed E-state index contributed by atoms with van der Waals surface area (Å²) in [5.74, 6) is 0. The molecule has 0 amide bonds. The fourth-order valence-corrected chi connectivity index (χ4v) is 2.75. The Kier molecular flexibility index (Phi) is 3.95. The lowest BCUT2D eigenvalue weighted by Gasteiger charge is -2.13. The van der Waals surface area contributed by atoms with Crippen LogP contribution in [0.15, 0.2) is 23.6 Å². The molecule has 1 N–H and O–H groups in total.